The Kier molecular flexibility index (Phi) is 3.27. The molecule has 0 bridgehead atoms. The third kappa shape index (κ3) is 2.40. The van der Waals surface area contributed by atoms with Gasteiger partial charge in [-0.1, -0.05) is 30.3 Å². The van der Waals surface area contributed by atoms with Gasteiger partial charge in [0, 0.05) is 22.6 Å². The largest absolute Gasteiger partial charge is 0.494 e. The van der Waals surface area contributed by atoms with Crippen molar-refractivity contribution in [3.63, 3.8) is 0 Å². The van der Waals surface area contributed by atoms with Gasteiger partial charge in [0.2, 0.25) is 0 Å². The molecule has 4 rings (SSSR count). The van der Waals surface area contributed by atoms with Crippen LogP contribution in [0.1, 0.15) is 18.1 Å². The number of fused-ring (bicyclic) bond motifs is 2. The van der Waals surface area contributed by atoms with E-state index in [1.807, 2.05) is 42.5 Å². The number of carbonyl (C=O) groups excluding carboxylic acids is 1. The highest BCUT2D eigenvalue weighted by Gasteiger charge is 2.12. The molecule has 0 aliphatic carbocycles. The number of H-pyrrole nitrogens is 1. The normalized spacial score (nSPS) is 13.3. The third-order valence-corrected chi connectivity index (χ3v) is 4.11. The molecule has 5 nitrogen and oxygen atoms in total. The van der Waals surface area contributed by atoms with Gasteiger partial charge < -0.3 is 10.1 Å². The van der Waals surface area contributed by atoms with Crippen molar-refractivity contribution >= 4 is 34.6 Å². The average Bonchev–Trinajstić information content (AvgIpc) is 3.13. The van der Waals surface area contributed by atoms with Crippen LogP contribution in [0.25, 0.3) is 23.2 Å². The minimum absolute atomic E-state index is 0.0855. The highest BCUT2D eigenvalue weighted by molar-refractivity contribution is 5.95. The quantitative estimate of drug-likeness (QED) is 0.779. The lowest BCUT2D eigenvalue weighted by molar-refractivity contribution is -0.116. The summed E-state index contributed by atoms with van der Waals surface area (Å²) in [4.78, 5) is 14.4. The molecule has 0 fully saturated rings. The predicted molar refractivity (Wildman–Crippen MR) is 92.6 cm³/mol. The minimum Gasteiger partial charge on any atom is -0.494 e. The van der Waals surface area contributed by atoms with Crippen LogP contribution in [0, 0.1) is 0 Å². The molecule has 1 aliphatic rings. The van der Waals surface area contributed by atoms with E-state index >= 15 is 0 Å². The van der Waals surface area contributed by atoms with E-state index in [0.717, 1.165) is 32.6 Å². The van der Waals surface area contributed by atoms with E-state index in [-0.39, 0.29) is 11.7 Å². The summed E-state index contributed by atoms with van der Waals surface area (Å²) in [5, 5.41) is 21.1. The molecular formula is C19H15N3O2. The number of hydrogen-bond acceptors (Lipinski definition) is 4. The number of ketones is 1. The molecule has 118 valence electrons. The molecule has 0 saturated heterocycles. The van der Waals surface area contributed by atoms with E-state index < -0.39 is 0 Å². The van der Waals surface area contributed by atoms with Crippen LogP contribution in [0.2, 0.25) is 0 Å². The molecule has 1 aliphatic heterocycles. The zero-order valence-corrected chi connectivity index (χ0v) is 13.1. The molecule has 0 spiro atoms. The van der Waals surface area contributed by atoms with E-state index in [0.29, 0.717) is 12.0 Å². The predicted octanol–water partition coefficient (Wildman–Crippen LogP) is 2.67. The van der Waals surface area contributed by atoms with Gasteiger partial charge in [-0.2, -0.15) is 10.2 Å². The molecule has 5 heteroatoms. The monoisotopic (exact) mass is 317 g/mol. The number of aromatic amines is 1. The molecule has 0 amide bonds. The van der Waals surface area contributed by atoms with Gasteiger partial charge in [-0.25, -0.2) is 0 Å². The smallest absolute Gasteiger partial charge is 0.196 e. The lowest BCUT2D eigenvalue weighted by Crippen LogP contribution is -2.06. The maximum absolute atomic E-state index is 11.4. The van der Waals surface area contributed by atoms with Crippen LogP contribution in [0.15, 0.2) is 46.6 Å². The Morgan fingerprint density at radius 2 is 2.17 bits per heavy atom. The van der Waals surface area contributed by atoms with Crippen molar-refractivity contribution in [3.05, 3.63) is 58.0 Å². The fraction of sp³-hybridized carbons (Fsp3) is 0.105. The van der Waals surface area contributed by atoms with Crippen LogP contribution in [-0.4, -0.2) is 15.9 Å². The Bertz CT molecular complexity index is 1120. The van der Waals surface area contributed by atoms with Gasteiger partial charge >= 0.3 is 0 Å². The topological polar surface area (TPSA) is 77.8 Å². The van der Waals surface area contributed by atoms with Crippen molar-refractivity contribution in [2.24, 2.45) is 10.2 Å². The second kappa shape index (κ2) is 5.45. The van der Waals surface area contributed by atoms with Gasteiger partial charge in [0.05, 0.1) is 17.4 Å². The Labute approximate surface area is 137 Å². The number of azo groups is 1. The Balaban J connectivity index is 1.90. The molecule has 0 radical (unpaired) electrons. The minimum atomic E-state index is 0.0855. The summed E-state index contributed by atoms with van der Waals surface area (Å²) in [6.07, 6.45) is 3.96. The van der Waals surface area contributed by atoms with Gasteiger partial charge in [0.1, 0.15) is 5.78 Å². The maximum atomic E-state index is 11.4. The highest BCUT2D eigenvalue weighted by atomic mass is 16.3. The zero-order chi connectivity index (χ0) is 16.7. The van der Waals surface area contributed by atoms with Crippen molar-refractivity contribution in [2.45, 2.75) is 13.3 Å². The number of rotatable bonds is 3. The number of aromatic hydroxyl groups is 1. The Morgan fingerprint density at radius 3 is 3.00 bits per heavy atom. The lowest BCUT2D eigenvalue weighted by atomic mass is 10.0. The summed E-state index contributed by atoms with van der Waals surface area (Å²) >= 11 is 0. The molecule has 2 aromatic carbocycles. The molecule has 1 aromatic heterocycles. The van der Waals surface area contributed by atoms with E-state index in [4.69, 9.17) is 0 Å². The van der Waals surface area contributed by atoms with Crippen LogP contribution in [-0.2, 0) is 11.2 Å². The highest BCUT2D eigenvalue weighted by Crippen LogP contribution is 2.30. The molecule has 2 heterocycles. The summed E-state index contributed by atoms with van der Waals surface area (Å²) < 4.78 is 0. The van der Waals surface area contributed by atoms with Gasteiger partial charge in [-0.3, -0.25) is 4.79 Å². The van der Waals surface area contributed by atoms with Crippen LogP contribution < -0.4 is 10.4 Å². The second-order valence-corrected chi connectivity index (χ2v) is 5.91. The summed E-state index contributed by atoms with van der Waals surface area (Å²) in [6.45, 7) is 1.56. The number of benzene rings is 2. The molecule has 0 atom stereocenters. The first kappa shape index (κ1) is 14.4. The van der Waals surface area contributed by atoms with Gasteiger partial charge in [0.15, 0.2) is 5.88 Å². The van der Waals surface area contributed by atoms with Crippen LogP contribution in [0.3, 0.4) is 0 Å². The summed E-state index contributed by atoms with van der Waals surface area (Å²) in [5.41, 5.74) is 3.20. The van der Waals surface area contributed by atoms with Crippen molar-refractivity contribution in [2.75, 3.05) is 0 Å². The first-order chi connectivity index (χ1) is 11.6. The zero-order valence-electron chi connectivity index (χ0n) is 13.1. The molecule has 0 saturated carbocycles. The third-order valence-electron chi connectivity index (χ3n) is 4.11. The van der Waals surface area contributed by atoms with Crippen molar-refractivity contribution in [1.29, 1.82) is 0 Å². The SMILES string of the molecule is CC(=O)Cc1cccc2c(/C=c3\ccc4c(c3)N=NC=4)c(O)[nH]c12. The van der Waals surface area contributed by atoms with Gasteiger partial charge in [-0.05, 0) is 29.8 Å². The van der Waals surface area contributed by atoms with Crippen molar-refractivity contribution in [3.8, 4) is 5.88 Å². The Morgan fingerprint density at radius 1 is 1.29 bits per heavy atom. The van der Waals surface area contributed by atoms with E-state index in [1.165, 1.54) is 0 Å². The average molecular weight is 317 g/mol. The van der Waals surface area contributed by atoms with E-state index in [2.05, 4.69) is 15.2 Å². The summed E-state index contributed by atoms with van der Waals surface area (Å²) in [6, 6.07) is 11.6. The maximum Gasteiger partial charge on any atom is 0.196 e. The number of Topliss-reactive ketones (excluding diaryl/α,β-unsaturated/α-hetero) is 1. The molecule has 2 N–H and O–H groups in total. The first-order valence-corrected chi connectivity index (χ1v) is 7.66. The summed E-state index contributed by atoms with van der Waals surface area (Å²) in [7, 11) is 0. The summed E-state index contributed by atoms with van der Waals surface area (Å²) in [5.74, 6) is 0.178. The number of nitrogens with one attached hydrogen (secondary N) is 1. The van der Waals surface area contributed by atoms with Crippen LogP contribution in [0.4, 0.5) is 5.69 Å². The fourth-order valence-electron chi connectivity index (χ4n) is 3.01. The number of hydrogen-bond donors (Lipinski definition) is 2. The van der Waals surface area contributed by atoms with Gasteiger partial charge in [-0.15, -0.1) is 0 Å². The van der Waals surface area contributed by atoms with Crippen molar-refractivity contribution < 1.29 is 9.90 Å². The number of carbonyl (C=O) groups is 1. The first-order valence-electron chi connectivity index (χ1n) is 7.66. The molecular weight excluding hydrogens is 302 g/mol. The van der Waals surface area contributed by atoms with Gasteiger partial charge in [0.25, 0.3) is 0 Å². The number of para-hydroxylation sites is 1. The van der Waals surface area contributed by atoms with Crippen LogP contribution in [0.5, 0.6) is 5.88 Å². The fourth-order valence-corrected chi connectivity index (χ4v) is 3.01. The molecule has 0 unspecified atom stereocenters. The van der Waals surface area contributed by atoms with E-state index in [1.54, 1.807) is 13.1 Å². The molecule has 24 heavy (non-hydrogen) atoms. The standard InChI is InChI=1S/C19H15N3O2/c1-11(23)7-13-3-2-4-15-16(19(24)21-18(13)15)8-12-5-6-14-10-20-22-17(14)9-12/h2-6,8-10,21,24H,7H2,1H3/b12-8+. The van der Waals surface area contributed by atoms with Crippen LogP contribution >= 0.6 is 0 Å². The number of nitrogens with zero attached hydrogens (tertiary/aromatic N) is 2. The van der Waals surface area contributed by atoms with Crippen molar-refractivity contribution in [1.82, 2.24) is 4.98 Å². The lowest BCUT2D eigenvalue weighted by Gasteiger charge is -2.00. The number of aromatic nitrogens is 1. The second-order valence-electron chi connectivity index (χ2n) is 5.91. The molecule has 3 aromatic rings. The Hall–Kier alpha value is -3.21. The van der Waals surface area contributed by atoms with E-state index in [9.17, 15) is 9.90 Å².